The Labute approximate surface area is 54.5 Å². The number of nitrogens with zero attached hydrogens (tertiary/aromatic N) is 2. The molecule has 1 unspecified atom stereocenters. The molecule has 0 aromatic rings. The minimum atomic E-state index is -0.0741. The van der Waals surface area contributed by atoms with E-state index in [0.717, 1.165) is 0 Å². The molecule has 0 aliphatic carbocycles. The summed E-state index contributed by atoms with van der Waals surface area (Å²) in [6, 6.07) is 0.167. The van der Waals surface area contributed by atoms with E-state index in [1.165, 1.54) is 0 Å². The van der Waals surface area contributed by atoms with Crippen LogP contribution in [0.1, 0.15) is 6.92 Å². The molecule has 0 aromatic heterocycles. The third-order valence-corrected chi connectivity index (χ3v) is 1.28. The van der Waals surface area contributed by atoms with Crippen LogP contribution < -0.4 is 0 Å². The minimum Gasteiger partial charge on any atom is -0.358 e. The highest BCUT2D eigenvalue weighted by molar-refractivity contribution is 6.16. The van der Waals surface area contributed by atoms with E-state index in [0.29, 0.717) is 0 Å². The lowest BCUT2D eigenvalue weighted by Gasteiger charge is -2.16. The van der Waals surface area contributed by atoms with Gasteiger partial charge in [-0.3, -0.25) is 9.98 Å². The van der Waals surface area contributed by atoms with Gasteiger partial charge in [0.1, 0.15) is 0 Å². The lowest BCUT2D eigenvalue weighted by atomic mass is 10.3. The van der Waals surface area contributed by atoms with Gasteiger partial charge in [0.05, 0.1) is 6.04 Å². The zero-order chi connectivity index (χ0) is 6.69. The summed E-state index contributed by atoms with van der Waals surface area (Å²) in [7, 11) is 1.64. The fourth-order valence-corrected chi connectivity index (χ4v) is 0.754. The summed E-state index contributed by atoms with van der Waals surface area (Å²) in [5.74, 6) is 0. The van der Waals surface area contributed by atoms with E-state index >= 15 is 0 Å². The van der Waals surface area contributed by atoms with Gasteiger partial charge >= 0.3 is 0 Å². The second-order valence-electron chi connectivity index (χ2n) is 1.96. The van der Waals surface area contributed by atoms with Gasteiger partial charge in [-0.05, 0) is 6.92 Å². The average Bonchev–Trinajstić information content (AvgIpc) is 1.89. The summed E-state index contributed by atoms with van der Waals surface area (Å²) in [6.45, 7) is 1.97. The van der Waals surface area contributed by atoms with Gasteiger partial charge in [0.25, 0.3) is 0 Å². The molecule has 1 aliphatic heterocycles. The first kappa shape index (κ1) is 6.42. The van der Waals surface area contributed by atoms with Crippen LogP contribution in [0.15, 0.2) is 9.98 Å². The molecule has 0 spiro atoms. The molecular formula is C6H10N2O. The van der Waals surface area contributed by atoms with Crippen LogP contribution in [0.5, 0.6) is 0 Å². The molecule has 9 heavy (non-hydrogen) atoms. The molecule has 1 aliphatic rings. The lowest BCUT2D eigenvalue weighted by molar-refractivity contribution is 0.0932. The number of hydrogen-bond donors (Lipinski definition) is 0. The summed E-state index contributed by atoms with van der Waals surface area (Å²) in [5.41, 5.74) is 0. The highest BCUT2D eigenvalue weighted by atomic mass is 16.5. The molecule has 1 rings (SSSR count). The maximum absolute atomic E-state index is 4.99. The van der Waals surface area contributed by atoms with Gasteiger partial charge < -0.3 is 4.74 Å². The van der Waals surface area contributed by atoms with E-state index in [9.17, 15) is 0 Å². The van der Waals surface area contributed by atoms with Gasteiger partial charge in [0.2, 0.25) is 0 Å². The van der Waals surface area contributed by atoms with Crippen LogP contribution in [0, 0.1) is 0 Å². The van der Waals surface area contributed by atoms with Gasteiger partial charge in [-0.25, -0.2) is 0 Å². The van der Waals surface area contributed by atoms with Crippen molar-refractivity contribution in [2.24, 2.45) is 9.98 Å². The van der Waals surface area contributed by atoms with E-state index in [2.05, 4.69) is 9.98 Å². The van der Waals surface area contributed by atoms with Crippen molar-refractivity contribution in [3.05, 3.63) is 0 Å². The smallest absolute Gasteiger partial charge is 0.169 e. The molecule has 0 bridgehead atoms. The zero-order valence-corrected chi connectivity index (χ0v) is 5.61. The van der Waals surface area contributed by atoms with Gasteiger partial charge in [-0.2, -0.15) is 0 Å². The molecule has 0 amide bonds. The van der Waals surface area contributed by atoms with Gasteiger partial charge in [0, 0.05) is 19.5 Å². The van der Waals surface area contributed by atoms with Crippen molar-refractivity contribution in [3.63, 3.8) is 0 Å². The first-order valence-corrected chi connectivity index (χ1v) is 2.92. The Morgan fingerprint density at radius 2 is 2.00 bits per heavy atom. The Morgan fingerprint density at radius 3 is 2.44 bits per heavy atom. The number of methoxy groups -OCH3 is 1. The molecule has 3 heteroatoms. The summed E-state index contributed by atoms with van der Waals surface area (Å²) in [6.07, 6.45) is 3.28. The van der Waals surface area contributed by atoms with Gasteiger partial charge in [-0.15, -0.1) is 0 Å². The largest absolute Gasteiger partial charge is 0.358 e. The molecular weight excluding hydrogens is 116 g/mol. The fraction of sp³-hybridized carbons (Fsp3) is 0.667. The van der Waals surface area contributed by atoms with Crippen LogP contribution in [0.3, 0.4) is 0 Å². The van der Waals surface area contributed by atoms with E-state index in [1.54, 1.807) is 19.5 Å². The third-order valence-electron chi connectivity index (χ3n) is 1.28. The van der Waals surface area contributed by atoms with Crippen molar-refractivity contribution in [3.8, 4) is 0 Å². The van der Waals surface area contributed by atoms with Crippen molar-refractivity contribution in [1.29, 1.82) is 0 Å². The van der Waals surface area contributed by atoms with Crippen LogP contribution in [0.25, 0.3) is 0 Å². The lowest BCUT2D eigenvalue weighted by Crippen LogP contribution is -2.24. The Morgan fingerprint density at radius 1 is 1.33 bits per heavy atom. The molecule has 1 heterocycles. The van der Waals surface area contributed by atoms with Crippen molar-refractivity contribution in [2.45, 2.75) is 19.2 Å². The predicted molar refractivity (Wildman–Crippen MR) is 37.2 cm³/mol. The first-order valence-electron chi connectivity index (χ1n) is 2.92. The van der Waals surface area contributed by atoms with Crippen LogP contribution in [-0.4, -0.2) is 31.8 Å². The molecule has 0 fully saturated rings. The van der Waals surface area contributed by atoms with Gasteiger partial charge in [0.15, 0.2) is 6.23 Å². The van der Waals surface area contributed by atoms with Crippen molar-refractivity contribution < 1.29 is 4.74 Å². The summed E-state index contributed by atoms with van der Waals surface area (Å²) < 4.78 is 4.99. The Bertz CT molecular complexity index is 142. The summed E-state index contributed by atoms with van der Waals surface area (Å²) in [5, 5.41) is 0. The standard InChI is InChI=1S/C6H10N2O/c1-5-6(9-2)8-4-3-7-5/h3-6H,1-2H3/t5-,6?/m0/s1. The molecule has 0 saturated carbocycles. The number of hydrogen-bond acceptors (Lipinski definition) is 3. The Hall–Kier alpha value is -0.700. The van der Waals surface area contributed by atoms with Crippen molar-refractivity contribution >= 4 is 12.4 Å². The fourth-order valence-electron chi connectivity index (χ4n) is 0.754. The van der Waals surface area contributed by atoms with E-state index in [4.69, 9.17) is 4.74 Å². The third kappa shape index (κ3) is 1.36. The summed E-state index contributed by atoms with van der Waals surface area (Å²) in [4.78, 5) is 8.12. The molecule has 0 N–H and O–H groups in total. The zero-order valence-electron chi connectivity index (χ0n) is 5.61. The maximum atomic E-state index is 4.99. The molecule has 0 saturated heterocycles. The van der Waals surface area contributed by atoms with E-state index in [1.807, 2.05) is 6.92 Å². The minimum absolute atomic E-state index is 0.0741. The van der Waals surface area contributed by atoms with Crippen LogP contribution in [0.2, 0.25) is 0 Å². The average molecular weight is 126 g/mol. The quantitative estimate of drug-likeness (QED) is 0.503. The SMILES string of the molecule is COC1N=CC=N[C@H]1C. The van der Waals surface area contributed by atoms with Crippen LogP contribution in [0.4, 0.5) is 0 Å². The summed E-state index contributed by atoms with van der Waals surface area (Å²) >= 11 is 0. The van der Waals surface area contributed by atoms with Crippen LogP contribution >= 0.6 is 0 Å². The van der Waals surface area contributed by atoms with Crippen LogP contribution in [-0.2, 0) is 4.74 Å². The van der Waals surface area contributed by atoms with Crippen molar-refractivity contribution in [2.75, 3.05) is 7.11 Å². The second kappa shape index (κ2) is 2.73. The molecule has 2 atom stereocenters. The molecule has 50 valence electrons. The van der Waals surface area contributed by atoms with Crippen molar-refractivity contribution in [1.82, 2.24) is 0 Å². The second-order valence-corrected chi connectivity index (χ2v) is 1.96. The molecule has 3 nitrogen and oxygen atoms in total. The molecule has 0 aromatic carbocycles. The Balaban J connectivity index is 2.55. The number of rotatable bonds is 1. The first-order chi connectivity index (χ1) is 4.34. The molecule has 0 radical (unpaired) electrons. The predicted octanol–water partition coefficient (Wildman–Crippen LogP) is 0.503. The number of ether oxygens (including phenoxy) is 1. The van der Waals surface area contributed by atoms with Gasteiger partial charge in [-0.1, -0.05) is 0 Å². The normalized spacial score (nSPS) is 33.1. The Kier molecular flexibility index (Phi) is 1.95. The number of aliphatic imine (C=N–C) groups is 2. The highest BCUT2D eigenvalue weighted by Gasteiger charge is 2.13. The highest BCUT2D eigenvalue weighted by Crippen LogP contribution is 2.04. The van der Waals surface area contributed by atoms with E-state index < -0.39 is 0 Å². The van der Waals surface area contributed by atoms with E-state index in [-0.39, 0.29) is 12.3 Å². The topological polar surface area (TPSA) is 34.0 Å². The monoisotopic (exact) mass is 126 g/mol. The maximum Gasteiger partial charge on any atom is 0.169 e.